The molecular formula is C33H40F4N4O3S. The predicted octanol–water partition coefficient (Wildman–Crippen LogP) is 6.09. The van der Waals surface area contributed by atoms with Crippen molar-refractivity contribution in [3.05, 3.63) is 94.3 Å². The minimum atomic E-state index is -4.53. The highest BCUT2D eigenvalue weighted by molar-refractivity contribution is 7.92. The van der Waals surface area contributed by atoms with E-state index in [2.05, 4.69) is 14.9 Å². The summed E-state index contributed by atoms with van der Waals surface area (Å²) in [6, 6.07) is 15.1. The van der Waals surface area contributed by atoms with Crippen LogP contribution in [0.5, 0.6) is 0 Å². The highest BCUT2D eigenvalue weighted by Crippen LogP contribution is 2.38. The van der Waals surface area contributed by atoms with Gasteiger partial charge in [0.2, 0.25) is 15.9 Å². The van der Waals surface area contributed by atoms with Crippen molar-refractivity contribution in [3.63, 3.8) is 0 Å². The molecule has 1 heterocycles. The zero-order valence-corrected chi connectivity index (χ0v) is 26.9. The van der Waals surface area contributed by atoms with Crippen LogP contribution in [-0.2, 0) is 34.0 Å². The van der Waals surface area contributed by atoms with Gasteiger partial charge in [0.1, 0.15) is 5.82 Å². The summed E-state index contributed by atoms with van der Waals surface area (Å²) < 4.78 is 80.9. The largest absolute Gasteiger partial charge is 0.416 e. The molecule has 1 atom stereocenters. The Kier molecular flexibility index (Phi) is 10.2. The van der Waals surface area contributed by atoms with E-state index in [4.69, 9.17) is 0 Å². The van der Waals surface area contributed by atoms with E-state index in [0.29, 0.717) is 60.4 Å². The summed E-state index contributed by atoms with van der Waals surface area (Å²) in [5.41, 5.74) is 2.54. The number of sulfonamides is 1. The maximum Gasteiger partial charge on any atom is 0.416 e. The summed E-state index contributed by atoms with van der Waals surface area (Å²) in [6.07, 6.45) is -1.55. The minimum absolute atomic E-state index is 0.0297. The van der Waals surface area contributed by atoms with Gasteiger partial charge < -0.3 is 15.1 Å². The third-order valence-electron chi connectivity index (χ3n) is 8.71. The molecule has 7 nitrogen and oxygen atoms in total. The van der Waals surface area contributed by atoms with E-state index in [1.54, 1.807) is 38.1 Å². The molecule has 0 spiro atoms. The van der Waals surface area contributed by atoms with Crippen molar-refractivity contribution in [2.45, 2.75) is 57.3 Å². The molecule has 0 aromatic heterocycles. The maximum absolute atomic E-state index is 13.9. The lowest BCUT2D eigenvalue weighted by molar-refractivity contribution is -0.137. The van der Waals surface area contributed by atoms with Gasteiger partial charge in [0, 0.05) is 30.9 Å². The number of likely N-dealkylation sites (N-methyl/N-ethyl adjacent to an activating group) is 1. The number of amides is 1. The molecule has 2 N–H and O–H groups in total. The molecule has 0 saturated carbocycles. The van der Waals surface area contributed by atoms with Gasteiger partial charge in [0.05, 0.1) is 23.4 Å². The average Bonchev–Trinajstić information content (AvgIpc) is 2.95. The summed E-state index contributed by atoms with van der Waals surface area (Å²) >= 11 is 0. The van der Waals surface area contributed by atoms with Crippen LogP contribution < -0.4 is 14.9 Å². The van der Waals surface area contributed by atoms with Gasteiger partial charge in [-0.3, -0.25) is 9.52 Å². The molecule has 12 heteroatoms. The van der Waals surface area contributed by atoms with Gasteiger partial charge in [0.15, 0.2) is 0 Å². The van der Waals surface area contributed by atoms with Crippen molar-refractivity contribution < 1.29 is 30.8 Å². The number of hydrogen-bond acceptors (Lipinski definition) is 5. The molecule has 0 aliphatic carbocycles. The van der Waals surface area contributed by atoms with Gasteiger partial charge in [-0.1, -0.05) is 30.3 Å². The topological polar surface area (TPSA) is 81.8 Å². The Morgan fingerprint density at radius 2 is 1.73 bits per heavy atom. The third-order valence-corrected chi connectivity index (χ3v) is 9.30. The number of carbonyl (C=O) groups is 1. The van der Waals surface area contributed by atoms with Gasteiger partial charge in [-0.05, 0) is 99.8 Å². The summed E-state index contributed by atoms with van der Waals surface area (Å²) in [7, 11) is 0.481. The molecule has 1 fully saturated rings. The minimum Gasteiger partial charge on any atom is -0.371 e. The fourth-order valence-electron chi connectivity index (χ4n) is 5.91. The maximum atomic E-state index is 13.9. The van der Waals surface area contributed by atoms with Crippen LogP contribution in [0, 0.1) is 12.7 Å². The van der Waals surface area contributed by atoms with Gasteiger partial charge >= 0.3 is 6.18 Å². The van der Waals surface area contributed by atoms with Gasteiger partial charge in [-0.2, -0.15) is 13.2 Å². The van der Waals surface area contributed by atoms with Gasteiger partial charge in [0.25, 0.3) is 0 Å². The van der Waals surface area contributed by atoms with Crippen LogP contribution in [0.1, 0.15) is 53.5 Å². The molecule has 0 radical (unpaired) electrons. The molecule has 1 aliphatic rings. The van der Waals surface area contributed by atoms with E-state index >= 15 is 0 Å². The number of rotatable bonds is 10. The van der Waals surface area contributed by atoms with E-state index in [9.17, 15) is 30.8 Å². The number of halogens is 4. The van der Waals surface area contributed by atoms with Gasteiger partial charge in [-0.15, -0.1) is 0 Å². The quantitative estimate of drug-likeness (QED) is 0.260. The molecular weight excluding hydrogens is 608 g/mol. The molecule has 1 amide bonds. The number of hydrogen-bond donors (Lipinski definition) is 2. The fraction of sp³-hybridized carbons (Fsp3) is 0.424. The Balaban J connectivity index is 1.51. The lowest BCUT2D eigenvalue weighted by atomic mass is 9.80. The molecule has 3 aromatic carbocycles. The molecule has 3 aromatic rings. The predicted molar refractivity (Wildman–Crippen MR) is 169 cm³/mol. The van der Waals surface area contributed by atoms with Crippen molar-refractivity contribution in [2.75, 3.05) is 43.1 Å². The number of aryl methyl sites for hydroxylation is 1. The molecule has 1 saturated heterocycles. The Bertz CT molecular complexity index is 1640. The van der Waals surface area contributed by atoms with Crippen LogP contribution in [0.3, 0.4) is 0 Å². The first-order valence-corrected chi connectivity index (χ1v) is 16.6. The normalized spacial score (nSPS) is 16.0. The first kappa shape index (κ1) is 34.2. The summed E-state index contributed by atoms with van der Waals surface area (Å²) in [6.45, 7) is 4.45. The van der Waals surface area contributed by atoms with Crippen molar-refractivity contribution in [3.8, 4) is 0 Å². The second-order valence-electron chi connectivity index (χ2n) is 12.1. The Morgan fingerprint density at radius 1 is 1.04 bits per heavy atom. The molecule has 4 rings (SSSR count). The monoisotopic (exact) mass is 648 g/mol. The van der Waals surface area contributed by atoms with Crippen LogP contribution in [-0.4, -0.2) is 58.2 Å². The first-order valence-electron chi connectivity index (χ1n) is 14.7. The van der Waals surface area contributed by atoms with Crippen molar-refractivity contribution in [2.24, 2.45) is 0 Å². The Hall–Kier alpha value is -3.64. The van der Waals surface area contributed by atoms with Gasteiger partial charge in [-0.25, -0.2) is 12.8 Å². The van der Waals surface area contributed by atoms with Crippen LogP contribution in [0.2, 0.25) is 0 Å². The summed E-state index contributed by atoms with van der Waals surface area (Å²) in [5, 5.41) is 2.88. The molecule has 45 heavy (non-hydrogen) atoms. The third kappa shape index (κ3) is 8.55. The number of alkyl halides is 3. The number of nitrogens with one attached hydrogen (secondary N) is 2. The lowest BCUT2D eigenvalue weighted by Crippen LogP contribution is -2.54. The fourth-order valence-corrected chi connectivity index (χ4v) is 6.54. The van der Waals surface area contributed by atoms with E-state index < -0.39 is 27.7 Å². The molecule has 244 valence electrons. The van der Waals surface area contributed by atoms with Crippen LogP contribution in [0.15, 0.2) is 60.7 Å². The second kappa shape index (κ2) is 13.4. The van der Waals surface area contributed by atoms with Crippen LogP contribution in [0.4, 0.5) is 28.9 Å². The Labute approximate surface area is 262 Å². The highest BCUT2D eigenvalue weighted by atomic mass is 32.2. The second-order valence-corrected chi connectivity index (χ2v) is 13.9. The van der Waals surface area contributed by atoms with Crippen molar-refractivity contribution in [1.29, 1.82) is 0 Å². The number of benzene rings is 3. The van der Waals surface area contributed by atoms with Crippen LogP contribution >= 0.6 is 0 Å². The average molecular weight is 649 g/mol. The van der Waals surface area contributed by atoms with Crippen molar-refractivity contribution in [1.82, 2.24) is 10.2 Å². The first-order chi connectivity index (χ1) is 21.0. The zero-order chi connectivity index (χ0) is 33.2. The van der Waals surface area contributed by atoms with E-state index in [0.717, 1.165) is 24.0 Å². The lowest BCUT2D eigenvalue weighted by Gasteiger charge is -2.47. The SMILES string of the molecule is Cc1cc(C(C)C(=O)NCc2ccc(C(F)(F)F)cc2N2CCC(Cc3cccc(F)c3)(N(C)C)CC2)ccc1NS(C)(=O)=O. The number of nitrogens with zero attached hydrogens (tertiary/aromatic N) is 2. The standard InChI is InChI=1S/C33H40F4N4O3S/c1-22-17-25(10-12-29(22)39-45(5,43)44)23(2)31(42)38-21-26-9-11-27(33(35,36)37)19-30(26)41-15-13-32(14-16-41,40(3)4)20-24-7-6-8-28(34)18-24/h6-12,17-19,23,39H,13-16,20-21H2,1-5H3,(H,38,42). The number of anilines is 2. The number of carbonyl (C=O) groups excluding carboxylic acids is 1. The molecule has 1 unspecified atom stereocenters. The zero-order valence-electron chi connectivity index (χ0n) is 26.1. The smallest absolute Gasteiger partial charge is 0.371 e. The summed E-state index contributed by atoms with van der Waals surface area (Å²) in [5.74, 6) is -1.21. The summed E-state index contributed by atoms with van der Waals surface area (Å²) in [4.78, 5) is 17.2. The molecule has 0 bridgehead atoms. The Morgan fingerprint density at radius 3 is 2.31 bits per heavy atom. The van der Waals surface area contributed by atoms with E-state index in [-0.39, 0.29) is 23.8 Å². The van der Waals surface area contributed by atoms with Crippen LogP contribution in [0.25, 0.3) is 0 Å². The van der Waals surface area contributed by atoms with E-state index in [1.807, 2.05) is 25.1 Å². The highest BCUT2D eigenvalue weighted by Gasteiger charge is 2.38. The van der Waals surface area contributed by atoms with Crippen molar-refractivity contribution >= 4 is 27.3 Å². The van der Waals surface area contributed by atoms with E-state index in [1.165, 1.54) is 18.2 Å². The molecule has 1 aliphatic heterocycles. The number of piperidine rings is 1.